The molecule has 1 saturated heterocycles. The van der Waals surface area contributed by atoms with Gasteiger partial charge in [0.2, 0.25) is 0 Å². The van der Waals surface area contributed by atoms with E-state index in [1.165, 1.54) is 12.1 Å². The fourth-order valence-corrected chi connectivity index (χ4v) is 4.82. The van der Waals surface area contributed by atoms with E-state index in [1.54, 1.807) is 23.2 Å². The molecule has 0 saturated carbocycles. The monoisotopic (exact) mass is 471 g/mol. The number of benzene rings is 2. The molecule has 0 aliphatic carbocycles. The molecular formula is C29H30FN3O2. The lowest BCUT2D eigenvalue weighted by Gasteiger charge is -2.45. The third-order valence-electron chi connectivity index (χ3n) is 6.76. The zero-order chi connectivity index (χ0) is 25.2. The molecule has 1 aliphatic rings. The summed E-state index contributed by atoms with van der Waals surface area (Å²) in [6, 6.07) is 20.3. The number of rotatable bonds is 6. The van der Waals surface area contributed by atoms with Gasteiger partial charge >= 0.3 is 6.09 Å². The van der Waals surface area contributed by atoms with Crippen LogP contribution in [0.1, 0.15) is 56.5 Å². The minimum absolute atomic E-state index is 0.189. The molecule has 2 heterocycles. The molecule has 1 amide bonds. The van der Waals surface area contributed by atoms with E-state index in [9.17, 15) is 14.4 Å². The maximum atomic E-state index is 13.6. The predicted molar refractivity (Wildman–Crippen MR) is 133 cm³/mol. The normalized spacial score (nSPS) is 19.1. The van der Waals surface area contributed by atoms with Gasteiger partial charge in [0.25, 0.3) is 0 Å². The van der Waals surface area contributed by atoms with Gasteiger partial charge in [-0.1, -0.05) is 36.4 Å². The largest absolute Gasteiger partial charge is 0.438 e. The minimum Gasteiger partial charge on any atom is -0.438 e. The Bertz CT molecular complexity index is 1250. The number of carbonyl (C=O) groups excluding carboxylic acids is 1. The highest BCUT2D eigenvalue weighted by Crippen LogP contribution is 2.44. The molecule has 0 spiro atoms. The summed E-state index contributed by atoms with van der Waals surface area (Å²) in [5, 5.41) is 9.64. The van der Waals surface area contributed by atoms with Crippen molar-refractivity contribution < 1.29 is 13.9 Å². The summed E-state index contributed by atoms with van der Waals surface area (Å²) in [6.45, 7) is 8.06. The number of halogens is 1. The maximum Gasteiger partial charge on any atom is 0.411 e. The highest BCUT2D eigenvalue weighted by atomic mass is 19.1. The highest BCUT2D eigenvalue weighted by Gasteiger charge is 2.46. The van der Waals surface area contributed by atoms with Crippen molar-refractivity contribution in [2.45, 2.75) is 52.2 Å². The van der Waals surface area contributed by atoms with Crippen LogP contribution in [0.15, 0.2) is 66.9 Å². The number of hydrogen-bond donors (Lipinski definition) is 0. The van der Waals surface area contributed by atoms with Crippen LogP contribution < -0.4 is 0 Å². The standard InChI is InChI=1S/C29H30FN3O2/c1-20-17-24(13-15-32-20)23-7-5-22(6-8-23)21(2)33-16-14-29(35-27(33)34,18-28(3,4)19-31)25-9-11-26(30)12-10-25/h5-13,15,17,21H,14,16,18H2,1-4H3/t21-,29+/m0/s1. The summed E-state index contributed by atoms with van der Waals surface area (Å²) in [6.07, 6.45) is 2.20. The summed E-state index contributed by atoms with van der Waals surface area (Å²) in [5.74, 6) is -0.355. The van der Waals surface area contributed by atoms with Crippen molar-refractivity contribution in [3.63, 3.8) is 0 Å². The topological polar surface area (TPSA) is 66.2 Å². The first-order valence-corrected chi connectivity index (χ1v) is 11.8. The van der Waals surface area contributed by atoms with E-state index in [4.69, 9.17) is 4.74 Å². The average Bonchev–Trinajstić information content (AvgIpc) is 2.84. The second-order valence-electron chi connectivity index (χ2n) is 9.97. The second kappa shape index (κ2) is 9.50. The Hall–Kier alpha value is -3.72. The van der Waals surface area contributed by atoms with Crippen molar-refractivity contribution in [3.05, 3.63) is 89.5 Å². The van der Waals surface area contributed by atoms with Crippen molar-refractivity contribution in [1.29, 1.82) is 5.26 Å². The highest BCUT2D eigenvalue weighted by molar-refractivity contribution is 5.70. The molecule has 0 N–H and O–H groups in total. The van der Waals surface area contributed by atoms with Gasteiger partial charge in [-0.3, -0.25) is 4.98 Å². The molecule has 0 unspecified atom stereocenters. The summed E-state index contributed by atoms with van der Waals surface area (Å²) < 4.78 is 19.7. The van der Waals surface area contributed by atoms with Crippen LogP contribution in [-0.4, -0.2) is 22.5 Å². The van der Waals surface area contributed by atoms with E-state index in [-0.39, 0.29) is 11.9 Å². The lowest BCUT2D eigenvalue weighted by atomic mass is 9.75. The van der Waals surface area contributed by atoms with E-state index < -0.39 is 17.1 Å². The van der Waals surface area contributed by atoms with Crippen LogP contribution in [0.5, 0.6) is 0 Å². The summed E-state index contributed by atoms with van der Waals surface area (Å²) in [7, 11) is 0. The SMILES string of the molecule is Cc1cc(-c2ccc([C@H](C)N3CC[C@@](CC(C)(C)C#N)(c4ccc(F)cc4)OC3=O)cc2)ccn1. The summed E-state index contributed by atoms with van der Waals surface area (Å²) >= 11 is 0. The Morgan fingerprint density at radius 2 is 1.83 bits per heavy atom. The van der Waals surface area contributed by atoms with Gasteiger partial charge in [-0.15, -0.1) is 0 Å². The van der Waals surface area contributed by atoms with Crippen molar-refractivity contribution in [2.75, 3.05) is 6.54 Å². The predicted octanol–water partition coefficient (Wildman–Crippen LogP) is 6.93. The Morgan fingerprint density at radius 3 is 2.43 bits per heavy atom. The number of hydrogen-bond acceptors (Lipinski definition) is 4. The summed E-state index contributed by atoms with van der Waals surface area (Å²) in [5.41, 5.74) is 3.15. The van der Waals surface area contributed by atoms with Crippen molar-refractivity contribution in [2.24, 2.45) is 5.41 Å². The first-order valence-electron chi connectivity index (χ1n) is 11.8. The number of amides is 1. The van der Waals surface area contributed by atoms with E-state index in [0.717, 1.165) is 22.4 Å². The average molecular weight is 472 g/mol. The Balaban J connectivity index is 1.56. The van der Waals surface area contributed by atoms with Gasteiger partial charge in [-0.25, -0.2) is 9.18 Å². The fraction of sp³-hybridized carbons (Fsp3) is 0.345. The lowest BCUT2D eigenvalue weighted by Crippen LogP contribution is -2.50. The van der Waals surface area contributed by atoms with Crippen LogP contribution in [0.2, 0.25) is 0 Å². The molecule has 1 fully saturated rings. The van der Waals surface area contributed by atoms with Crippen LogP contribution >= 0.6 is 0 Å². The Morgan fingerprint density at radius 1 is 1.14 bits per heavy atom. The minimum atomic E-state index is -0.983. The number of aryl methyl sites for hydroxylation is 1. The molecule has 2 aromatic carbocycles. The van der Waals surface area contributed by atoms with Gasteiger partial charge in [0, 0.05) is 31.3 Å². The zero-order valence-corrected chi connectivity index (χ0v) is 20.6. The molecule has 5 nitrogen and oxygen atoms in total. The van der Waals surface area contributed by atoms with Crippen LogP contribution in [0, 0.1) is 29.5 Å². The number of pyridine rings is 1. The molecule has 35 heavy (non-hydrogen) atoms. The number of aromatic nitrogens is 1. The van der Waals surface area contributed by atoms with E-state index in [0.29, 0.717) is 24.9 Å². The zero-order valence-electron chi connectivity index (χ0n) is 20.6. The fourth-order valence-electron chi connectivity index (χ4n) is 4.82. The van der Waals surface area contributed by atoms with Crippen molar-refractivity contribution in [3.8, 4) is 17.2 Å². The second-order valence-corrected chi connectivity index (χ2v) is 9.97. The third kappa shape index (κ3) is 5.19. The number of cyclic esters (lactones) is 1. The first-order chi connectivity index (χ1) is 16.6. The molecule has 1 aliphatic heterocycles. The van der Waals surface area contributed by atoms with Gasteiger partial charge in [0.1, 0.15) is 11.4 Å². The first kappa shape index (κ1) is 24.4. The Labute approximate surface area is 206 Å². The third-order valence-corrected chi connectivity index (χ3v) is 6.76. The summed E-state index contributed by atoms with van der Waals surface area (Å²) in [4.78, 5) is 19.3. The van der Waals surface area contributed by atoms with Crippen LogP contribution in [-0.2, 0) is 10.3 Å². The van der Waals surface area contributed by atoms with Gasteiger partial charge in [-0.05, 0) is 74.2 Å². The van der Waals surface area contributed by atoms with Gasteiger partial charge in [0.05, 0.1) is 17.5 Å². The van der Waals surface area contributed by atoms with Crippen molar-refractivity contribution >= 4 is 6.09 Å². The molecule has 6 heteroatoms. The number of ether oxygens (including phenoxy) is 1. The van der Waals surface area contributed by atoms with E-state index in [1.807, 2.05) is 64.1 Å². The molecular weight excluding hydrogens is 441 g/mol. The molecule has 0 radical (unpaired) electrons. The van der Waals surface area contributed by atoms with Gasteiger partial charge in [-0.2, -0.15) is 5.26 Å². The molecule has 3 aromatic rings. The van der Waals surface area contributed by atoms with Crippen molar-refractivity contribution in [1.82, 2.24) is 9.88 Å². The molecule has 2 atom stereocenters. The molecule has 0 bridgehead atoms. The molecule has 1 aromatic heterocycles. The Kier molecular flexibility index (Phi) is 6.62. The maximum absolute atomic E-state index is 13.6. The number of nitrogens with zero attached hydrogens (tertiary/aromatic N) is 3. The number of nitriles is 1. The quantitative estimate of drug-likeness (QED) is 0.391. The van der Waals surface area contributed by atoms with Crippen LogP contribution in [0.3, 0.4) is 0 Å². The van der Waals surface area contributed by atoms with Gasteiger partial charge in [0.15, 0.2) is 0 Å². The lowest BCUT2D eigenvalue weighted by molar-refractivity contribution is -0.0770. The smallest absolute Gasteiger partial charge is 0.411 e. The van der Waals surface area contributed by atoms with E-state index >= 15 is 0 Å². The van der Waals surface area contributed by atoms with Gasteiger partial charge < -0.3 is 9.64 Å². The molecule has 180 valence electrons. The van der Waals surface area contributed by atoms with E-state index in [2.05, 4.69) is 11.1 Å². The van der Waals surface area contributed by atoms with Crippen LogP contribution in [0.25, 0.3) is 11.1 Å². The number of carbonyl (C=O) groups is 1. The molecule has 4 rings (SSSR count). The van der Waals surface area contributed by atoms with Crippen LogP contribution in [0.4, 0.5) is 9.18 Å².